The van der Waals surface area contributed by atoms with Crippen molar-refractivity contribution in [3.63, 3.8) is 0 Å². The Morgan fingerprint density at radius 3 is 1.06 bits per heavy atom. The van der Waals surface area contributed by atoms with Gasteiger partial charge in [0.1, 0.15) is 0 Å². The largest absolute Gasteiger partial charge is 0.316 e. The number of nitrogens with zero attached hydrogens (tertiary/aromatic N) is 4. The minimum atomic E-state index is 0.807. The van der Waals surface area contributed by atoms with Gasteiger partial charge in [-0.1, -0.05) is 38.5 Å². The molecule has 8 heterocycles. The van der Waals surface area contributed by atoms with Gasteiger partial charge in [-0.15, -0.1) is 0 Å². The Balaban J connectivity index is 0.709. The number of nitrogens with one attached hydrogen (secondary N) is 4. The molecular formula is C56H94N8. The number of likely N-dealkylation sites (tertiary alicyclic amines) is 4. The lowest BCUT2D eigenvalue weighted by Crippen LogP contribution is -2.58. The highest BCUT2D eigenvalue weighted by molar-refractivity contribution is 5.14. The van der Waals surface area contributed by atoms with Crippen molar-refractivity contribution < 1.29 is 0 Å². The van der Waals surface area contributed by atoms with Crippen molar-refractivity contribution in [1.29, 1.82) is 0 Å². The molecule has 14 fully saturated rings. The van der Waals surface area contributed by atoms with Crippen LogP contribution in [0.2, 0.25) is 0 Å². The van der Waals surface area contributed by atoms with E-state index in [0.29, 0.717) is 0 Å². The van der Waals surface area contributed by atoms with Gasteiger partial charge in [-0.25, -0.2) is 0 Å². The van der Waals surface area contributed by atoms with Crippen LogP contribution >= 0.6 is 0 Å². The molecule has 358 valence electrons. The summed E-state index contributed by atoms with van der Waals surface area (Å²) in [6, 6.07) is 10.5. The summed E-state index contributed by atoms with van der Waals surface area (Å²) in [6.07, 6.45) is 39.3. The molecule has 19 atom stereocenters. The summed E-state index contributed by atoms with van der Waals surface area (Å²) in [7, 11) is 0. The molecule has 0 aromatic heterocycles. The van der Waals surface area contributed by atoms with E-state index in [9.17, 15) is 0 Å². The first kappa shape index (κ1) is 42.5. The fourth-order valence-electron chi connectivity index (χ4n) is 22.2. The molecule has 8 heteroatoms. The number of hydrogen-bond acceptors (Lipinski definition) is 8. The van der Waals surface area contributed by atoms with Crippen LogP contribution in [0.15, 0.2) is 0 Å². The smallest absolute Gasteiger partial charge is 0.0157 e. The van der Waals surface area contributed by atoms with Gasteiger partial charge in [-0.3, -0.25) is 19.6 Å². The first-order valence-electron chi connectivity index (χ1n) is 29.7. The van der Waals surface area contributed by atoms with Crippen LogP contribution in [-0.2, 0) is 0 Å². The quantitative estimate of drug-likeness (QED) is 0.227. The van der Waals surface area contributed by atoms with Crippen LogP contribution in [0.1, 0.15) is 167 Å². The lowest BCUT2D eigenvalue weighted by Gasteiger charge is -2.52. The van der Waals surface area contributed by atoms with E-state index in [-0.39, 0.29) is 0 Å². The summed E-state index contributed by atoms with van der Waals surface area (Å²) in [4.78, 5) is 13.4. The van der Waals surface area contributed by atoms with Gasteiger partial charge in [0.05, 0.1) is 0 Å². The predicted molar refractivity (Wildman–Crippen MR) is 259 cm³/mol. The second kappa shape index (κ2) is 17.8. The monoisotopic (exact) mass is 879 g/mol. The first-order valence-corrected chi connectivity index (χ1v) is 29.7. The third-order valence-corrected chi connectivity index (χ3v) is 24.2. The Labute approximate surface area is 390 Å². The van der Waals surface area contributed by atoms with Crippen molar-refractivity contribution in [2.75, 3.05) is 52.4 Å². The van der Waals surface area contributed by atoms with Crippen molar-refractivity contribution in [2.45, 2.75) is 239 Å². The van der Waals surface area contributed by atoms with Crippen LogP contribution in [0.4, 0.5) is 0 Å². The molecule has 19 unspecified atom stereocenters. The molecule has 8 saturated heterocycles. The average Bonchev–Trinajstić information content (AvgIpc) is 4.09. The van der Waals surface area contributed by atoms with Gasteiger partial charge in [0, 0.05) is 72.5 Å². The number of hydrogen-bond donors (Lipinski definition) is 4. The fourth-order valence-corrected chi connectivity index (χ4v) is 22.2. The van der Waals surface area contributed by atoms with Crippen molar-refractivity contribution >= 4 is 0 Å². The Morgan fingerprint density at radius 1 is 0.234 bits per heavy atom. The number of fused-ring (bicyclic) bond motifs is 12. The van der Waals surface area contributed by atoms with E-state index in [1.807, 2.05) is 0 Å². The molecule has 6 saturated carbocycles. The van der Waals surface area contributed by atoms with E-state index in [1.165, 1.54) is 181 Å². The third kappa shape index (κ3) is 7.03. The summed E-state index contributed by atoms with van der Waals surface area (Å²) >= 11 is 0. The Hall–Kier alpha value is -0.320. The van der Waals surface area contributed by atoms with Gasteiger partial charge in [0.2, 0.25) is 0 Å². The molecule has 14 aliphatic rings. The molecule has 8 nitrogen and oxygen atoms in total. The molecule has 0 amide bonds. The Bertz CT molecular complexity index is 1500. The first-order chi connectivity index (χ1) is 31.8. The van der Waals surface area contributed by atoms with Crippen LogP contribution in [0.5, 0.6) is 0 Å². The predicted octanol–water partition coefficient (Wildman–Crippen LogP) is 7.47. The molecule has 0 aromatic carbocycles. The zero-order valence-electron chi connectivity index (χ0n) is 40.5. The minimum Gasteiger partial charge on any atom is -0.316 e. The molecule has 0 aromatic rings. The van der Waals surface area contributed by atoms with Gasteiger partial charge in [0.25, 0.3) is 0 Å². The van der Waals surface area contributed by atoms with E-state index in [2.05, 4.69) is 40.9 Å². The summed E-state index contributed by atoms with van der Waals surface area (Å²) in [5.41, 5.74) is 0. The third-order valence-electron chi connectivity index (χ3n) is 24.2. The van der Waals surface area contributed by atoms with Crippen LogP contribution < -0.4 is 21.3 Å². The SMILES string of the molecule is C1CCC2C(C1)C1CC(N3C4CCCCC4C4CCCCC43)CCC1N2C1CCC(C2CC(N3C4CCNCC4C4CNCCC43)CC(N3C4CCNCC4C4CNCCC43)C2)CC1. The van der Waals surface area contributed by atoms with Gasteiger partial charge < -0.3 is 21.3 Å². The van der Waals surface area contributed by atoms with Crippen molar-refractivity contribution in [3.05, 3.63) is 0 Å². The second-order valence-corrected chi connectivity index (χ2v) is 26.3. The highest BCUT2D eigenvalue weighted by Crippen LogP contribution is 2.57. The van der Waals surface area contributed by atoms with Crippen molar-refractivity contribution in [2.24, 2.45) is 59.2 Å². The molecule has 0 radical (unpaired) electrons. The molecule has 0 spiro atoms. The van der Waals surface area contributed by atoms with E-state index in [1.54, 1.807) is 38.5 Å². The maximum Gasteiger partial charge on any atom is 0.0157 e. The molecular weight excluding hydrogens is 785 g/mol. The number of rotatable bonds is 5. The molecule has 64 heavy (non-hydrogen) atoms. The van der Waals surface area contributed by atoms with E-state index in [4.69, 9.17) is 0 Å². The zero-order valence-corrected chi connectivity index (χ0v) is 40.5. The van der Waals surface area contributed by atoms with Gasteiger partial charge >= 0.3 is 0 Å². The standard InChI is InChI=1S/C56H94N8/c1-4-10-49-41(7-1)42-8-2-5-11-50(42)62(49)38-17-18-52-44(30-38)43-9-3-6-12-51(43)61(52)37-15-13-35(14-16-37)36-27-39(63-53-19-23-57-31-45(53)46-32-58-24-20-54(46)63)29-40(28-36)64-55-21-25-59-33-47(55)48-34-60-26-22-56(48)64/h35-60H,1-34H2. The molecule has 0 bridgehead atoms. The summed E-state index contributed by atoms with van der Waals surface area (Å²) in [6.45, 7) is 10.1. The topological polar surface area (TPSA) is 61.1 Å². The van der Waals surface area contributed by atoms with Crippen LogP contribution in [0.3, 0.4) is 0 Å². The maximum absolute atomic E-state index is 3.90. The van der Waals surface area contributed by atoms with Crippen LogP contribution in [0, 0.1) is 59.2 Å². The van der Waals surface area contributed by atoms with Crippen molar-refractivity contribution in [1.82, 2.24) is 40.9 Å². The second-order valence-electron chi connectivity index (χ2n) is 26.3. The lowest BCUT2D eigenvalue weighted by molar-refractivity contribution is -0.0251. The zero-order chi connectivity index (χ0) is 41.9. The molecule has 4 N–H and O–H groups in total. The minimum absolute atomic E-state index is 0.807. The molecule has 14 rings (SSSR count). The van der Waals surface area contributed by atoms with Crippen LogP contribution in [0.25, 0.3) is 0 Å². The Morgan fingerprint density at radius 2 is 0.594 bits per heavy atom. The van der Waals surface area contributed by atoms with Crippen molar-refractivity contribution in [3.8, 4) is 0 Å². The molecule has 8 aliphatic heterocycles. The normalized spacial score (nSPS) is 54.8. The Kier molecular flexibility index (Phi) is 11.8. The summed E-state index contributed by atoms with van der Waals surface area (Å²) in [5, 5.41) is 15.6. The fraction of sp³-hybridized carbons (Fsp3) is 1.00. The highest BCUT2D eigenvalue weighted by Gasteiger charge is 2.60. The lowest BCUT2D eigenvalue weighted by atomic mass is 9.68. The highest BCUT2D eigenvalue weighted by atomic mass is 15.3. The van der Waals surface area contributed by atoms with E-state index in [0.717, 1.165) is 132 Å². The summed E-state index contributed by atoms with van der Waals surface area (Å²) < 4.78 is 0. The van der Waals surface area contributed by atoms with E-state index < -0.39 is 0 Å². The van der Waals surface area contributed by atoms with Gasteiger partial charge in [-0.05, 0) is 240 Å². The van der Waals surface area contributed by atoms with Crippen LogP contribution in [-0.4, -0.2) is 144 Å². The maximum atomic E-state index is 3.90. The van der Waals surface area contributed by atoms with Gasteiger partial charge in [-0.2, -0.15) is 0 Å². The molecule has 6 aliphatic carbocycles. The number of piperidine rings is 4. The van der Waals surface area contributed by atoms with Gasteiger partial charge in [0.15, 0.2) is 0 Å². The van der Waals surface area contributed by atoms with E-state index >= 15 is 0 Å². The summed E-state index contributed by atoms with van der Waals surface area (Å²) in [5.74, 6) is 9.48. The average molecular weight is 879 g/mol.